The fourth-order valence-corrected chi connectivity index (χ4v) is 2.99. The van der Waals surface area contributed by atoms with Crippen molar-refractivity contribution in [2.75, 3.05) is 6.61 Å². The molecule has 1 aromatic heterocycles. The summed E-state index contributed by atoms with van der Waals surface area (Å²) in [5.41, 5.74) is 2.94. The molecule has 0 unspecified atom stereocenters. The van der Waals surface area contributed by atoms with E-state index in [-0.39, 0.29) is 11.2 Å². The normalized spacial score (nSPS) is 11.0. The Labute approximate surface area is 139 Å². The number of hydrogen-bond donors (Lipinski definition) is 0. The maximum atomic E-state index is 12.9. The SMILES string of the molecule is CCOc1c(-c2ccccc2Cl)oc2cc(C)cc(C)c2c1=O. The van der Waals surface area contributed by atoms with Gasteiger partial charge in [0.15, 0.2) is 5.76 Å². The van der Waals surface area contributed by atoms with Gasteiger partial charge in [-0.1, -0.05) is 29.8 Å². The lowest BCUT2D eigenvalue weighted by molar-refractivity contribution is 0.330. The van der Waals surface area contributed by atoms with E-state index in [2.05, 4.69) is 0 Å². The largest absolute Gasteiger partial charge is 0.487 e. The second-order valence-electron chi connectivity index (χ2n) is 5.46. The van der Waals surface area contributed by atoms with Gasteiger partial charge in [0, 0.05) is 5.56 Å². The minimum Gasteiger partial charge on any atom is -0.487 e. The molecule has 0 fully saturated rings. The van der Waals surface area contributed by atoms with Gasteiger partial charge in [-0.3, -0.25) is 4.79 Å². The average molecular weight is 329 g/mol. The van der Waals surface area contributed by atoms with Crippen LogP contribution < -0.4 is 10.2 Å². The molecule has 0 aliphatic heterocycles. The molecule has 23 heavy (non-hydrogen) atoms. The van der Waals surface area contributed by atoms with E-state index in [0.717, 1.165) is 11.1 Å². The van der Waals surface area contributed by atoms with Gasteiger partial charge in [-0.2, -0.15) is 0 Å². The first-order valence-corrected chi connectivity index (χ1v) is 7.86. The third-order valence-electron chi connectivity index (χ3n) is 3.70. The Kier molecular flexibility index (Phi) is 4.14. The molecule has 0 N–H and O–H groups in total. The van der Waals surface area contributed by atoms with Crippen molar-refractivity contribution in [2.45, 2.75) is 20.8 Å². The zero-order valence-electron chi connectivity index (χ0n) is 13.3. The smallest absolute Gasteiger partial charge is 0.235 e. The van der Waals surface area contributed by atoms with Crippen molar-refractivity contribution in [3.05, 3.63) is 62.8 Å². The molecule has 2 aromatic carbocycles. The zero-order valence-corrected chi connectivity index (χ0v) is 14.0. The van der Waals surface area contributed by atoms with E-state index in [1.54, 1.807) is 6.07 Å². The molecule has 0 bridgehead atoms. The number of aryl methyl sites for hydroxylation is 2. The predicted molar refractivity (Wildman–Crippen MR) is 93.6 cm³/mol. The van der Waals surface area contributed by atoms with Crippen LogP contribution in [0, 0.1) is 13.8 Å². The molecular formula is C19H17ClO3. The number of fused-ring (bicyclic) bond motifs is 1. The Bertz CT molecular complexity index is 941. The third-order valence-corrected chi connectivity index (χ3v) is 4.03. The molecule has 0 saturated heterocycles. The van der Waals surface area contributed by atoms with Crippen LogP contribution in [0.4, 0.5) is 0 Å². The first-order valence-electron chi connectivity index (χ1n) is 7.48. The molecule has 3 aromatic rings. The van der Waals surface area contributed by atoms with Crippen LogP contribution in [0.15, 0.2) is 45.6 Å². The number of benzene rings is 2. The first-order chi connectivity index (χ1) is 11.0. The predicted octanol–water partition coefficient (Wildman–Crippen LogP) is 5.13. The molecule has 1 heterocycles. The van der Waals surface area contributed by atoms with Crippen LogP contribution in [0.5, 0.6) is 5.75 Å². The van der Waals surface area contributed by atoms with Crippen LogP contribution >= 0.6 is 11.6 Å². The molecule has 3 nitrogen and oxygen atoms in total. The number of ether oxygens (including phenoxy) is 1. The fraction of sp³-hybridized carbons (Fsp3) is 0.211. The van der Waals surface area contributed by atoms with E-state index < -0.39 is 0 Å². The lowest BCUT2D eigenvalue weighted by atomic mass is 10.0. The van der Waals surface area contributed by atoms with Gasteiger partial charge >= 0.3 is 0 Å². The summed E-state index contributed by atoms with van der Waals surface area (Å²) in [5.74, 6) is 0.583. The highest BCUT2D eigenvalue weighted by molar-refractivity contribution is 6.33. The van der Waals surface area contributed by atoms with Crippen LogP contribution in [0.2, 0.25) is 5.02 Å². The molecule has 0 spiro atoms. The van der Waals surface area contributed by atoms with E-state index in [1.165, 1.54) is 0 Å². The summed E-state index contributed by atoms with van der Waals surface area (Å²) in [6.45, 7) is 6.08. The van der Waals surface area contributed by atoms with Crippen LogP contribution in [-0.2, 0) is 0 Å². The summed E-state index contributed by atoms with van der Waals surface area (Å²) in [6.07, 6.45) is 0. The molecule has 118 valence electrons. The van der Waals surface area contributed by atoms with E-state index in [1.807, 2.05) is 51.1 Å². The lowest BCUT2D eigenvalue weighted by Gasteiger charge is -2.13. The molecule has 0 atom stereocenters. The van der Waals surface area contributed by atoms with E-state index in [9.17, 15) is 4.79 Å². The van der Waals surface area contributed by atoms with Crippen molar-refractivity contribution in [3.8, 4) is 17.1 Å². The topological polar surface area (TPSA) is 39.4 Å². The molecule has 0 saturated carbocycles. The standard InChI is InChI=1S/C19H17ClO3/c1-4-22-19-17(21)16-12(3)9-11(2)10-15(16)23-18(19)13-7-5-6-8-14(13)20/h5-10H,4H2,1-3H3. The molecule has 0 radical (unpaired) electrons. The average Bonchev–Trinajstić information content (AvgIpc) is 2.50. The van der Waals surface area contributed by atoms with Crippen molar-refractivity contribution in [2.24, 2.45) is 0 Å². The monoisotopic (exact) mass is 328 g/mol. The zero-order chi connectivity index (χ0) is 16.6. The van der Waals surface area contributed by atoms with Crippen LogP contribution in [-0.4, -0.2) is 6.61 Å². The first kappa shape index (κ1) is 15.6. The van der Waals surface area contributed by atoms with Gasteiger partial charge in [0.1, 0.15) is 5.58 Å². The third kappa shape index (κ3) is 2.73. The van der Waals surface area contributed by atoms with Crippen molar-refractivity contribution < 1.29 is 9.15 Å². The maximum absolute atomic E-state index is 12.9. The van der Waals surface area contributed by atoms with Crippen molar-refractivity contribution in [1.82, 2.24) is 0 Å². The molecule has 0 aliphatic carbocycles. The Balaban J connectivity index is 2.44. The lowest BCUT2D eigenvalue weighted by Crippen LogP contribution is -2.11. The quantitative estimate of drug-likeness (QED) is 0.669. The Morgan fingerprint density at radius 3 is 2.61 bits per heavy atom. The van der Waals surface area contributed by atoms with Crippen LogP contribution in [0.1, 0.15) is 18.1 Å². The van der Waals surface area contributed by atoms with Crippen molar-refractivity contribution >= 4 is 22.6 Å². The summed E-state index contributed by atoms with van der Waals surface area (Å²) in [6, 6.07) is 11.1. The molecule has 0 amide bonds. The second-order valence-corrected chi connectivity index (χ2v) is 5.86. The molecular weight excluding hydrogens is 312 g/mol. The molecule has 3 rings (SSSR count). The number of hydrogen-bond acceptors (Lipinski definition) is 3. The van der Waals surface area contributed by atoms with Gasteiger partial charge in [-0.05, 0) is 50.1 Å². The van der Waals surface area contributed by atoms with Gasteiger partial charge in [-0.15, -0.1) is 0 Å². The van der Waals surface area contributed by atoms with Gasteiger partial charge in [-0.25, -0.2) is 0 Å². The summed E-state index contributed by atoms with van der Waals surface area (Å²) in [5, 5.41) is 1.06. The van der Waals surface area contributed by atoms with E-state index in [4.69, 9.17) is 20.8 Å². The number of halogens is 1. The summed E-state index contributed by atoms with van der Waals surface area (Å²) in [4.78, 5) is 12.9. The minimum absolute atomic E-state index is 0.166. The van der Waals surface area contributed by atoms with Gasteiger partial charge in [0.05, 0.1) is 17.0 Å². The van der Waals surface area contributed by atoms with Gasteiger partial charge < -0.3 is 9.15 Å². The number of rotatable bonds is 3. The van der Waals surface area contributed by atoms with Crippen molar-refractivity contribution in [1.29, 1.82) is 0 Å². The Hall–Kier alpha value is -2.26. The minimum atomic E-state index is -0.166. The summed E-state index contributed by atoms with van der Waals surface area (Å²) < 4.78 is 11.7. The summed E-state index contributed by atoms with van der Waals surface area (Å²) in [7, 11) is 0. The fourth-order valence-electron chi connectivity index (χ4n) is 2.77. The highest BCUT2D eigenvalue weighted by atomic mass is 35.5. The highest BCUT2D eigenvalue weighted by Crippen LogP contribution is 2.35. The van der Waals surface area contributed by atoms with Gasteiger partial charge in [0.25, 0.3) is 0 Å². The molecule has 0 aliphatic rings. The Morgan fingerprint density at radius 2 is 1.91 bits per heavy atom. The highest BCUT2D eigenvalue weighted by Gasteiger charge is 2.20. The van der Waals surface area contributed by atoms with Crippen LogP contribution in [0.25, 0.3) is 22.3 Å². The Morgan fingerprint density at radius 1 is 1.17 bits per heavy atom. The van der Waals surface area contributed by atoms with E-state index >= 15 is 0 Å². The van der Waals surface area contributed by atoms with Crippen LogP contribution in [0.3, 0.4) is 0 Å². The summed E-state index contributed by atoms with van der Waals surface area (Å²) >= 11 is 6.28. The second kappa shape index (κ2) is 6.09. The van der Waals surface area contributed by atoms with Gasteiger partial charge in [0.2, 0.25) is 11.2 Å². The van der Waals surface area contributed by atoms with E-state index in [0.29, 0.717) is 33.9 Å². The molecule has 4 heteroatoms. The van der Waals surface area contributed by atoms with Crippen molar-refractivity contribution in [3.63, 3.8) is 0 Å². The maximum Gasteiger partial charge on any atom is 0.235 e.